The fourth-order valence-corrected chi connectivity index (χ4v) is 1.82. The third kappa shape index (κ3) is 2.91. The van der Waals surface area contributed by atoms with Crippen molar-refractivity contribution < 1.29 is 13.2 Å². The molecule has 0 spiro atoms. The molecule has 3 N–H and O–H groups in total. The first-order valence-corrected chi connectivity index (χ1v) is 6.11. The predicted octanol–water partition coefficient (Wildman–Crippen LogP) is 3.79. The summed E-state index contributed by atoms with van der Waals surface area (Å²) < 4.78 is 40.9. The van der Waals surface area contributed by atoms with Crippen LogP contribution in [0.4, 0.5) is 24.5 Å². The third-order valence-corrected chi connectivity index (χ3v) is 3.02. The Bertz CT molecular complexity index is 663. The number of benzene rings is 2. The van der Waals surface area contributed by atoms with E-state index in [2.05, 4.69) is 17.5 Å². The minimum absolute atomic E-state index is 0.0940. The number of anilines is 2. The van der Waals surface area contributed by atoms with Gasteiger partial charge in [-0.25, -0.2) is 13.2 Å². The third-order valence-electron chi connectivity index (χ3n) is 2.79. The molecule has 0 heterocycles. The van der Waals surface area contributed by atoms with E-state index in [1.807, 2.05) is 0 Å². The first-order valence-electron chi connectivity index (χ1n) is 5.70. The Kier molecular flexibility index (Phi) is 3.94. The lowest BCUT2D eigenvalue weighted by Crippen LogP contribution is -2.11. The maximum atomic E-state index is 13.9. The van der Waals surface area contributed by atoms with Crippen LogP contribution in [-0.2, 0) is 0 Å². The molecule has 0 amide bonds. The standard InChI is InChI=1S/C14H11F3N2S/c1-7-2-3-9(15)6-12(7)19-13-10(16)4-8(14(18)20)5-11(13)17/h2-6,19H,1H3,(H2,18,20). The molecule has 0 aliphatic carbocycles. The van der Waals surface area contributed by atoms with E-state index < -0.39 is 17.5 Å². The molecule has 0 unspecified atom stereocenters. The van der Waals surface area contributed by atoms with E-state index in [-0.39, 0.29) is 21.9 Å². The van der Waals surface area contributed by atoms with Crippen LogP contribution < -0.4 is 11.1 Å². The molecule has 0 atom stereocenters. The number of nitrogens with two attached hydrogens (primary N) is 1. The molecular weight excluding hydrogens is 285 g/mol. The van der Waals surface area contributed by atoms with Crippen molar-refractivity contribution in [2.75, 3.05) is 5.32 Å². The second-order valence-electron chi connectivity index (χ2n) is 4.26. The number of halogens is 3. The molecule has 2 nitrogen and oxygen atoms in total. The lowest BCUT2D eigenvalue weighted by Gasteiger charge is -2.12. The van der Waals surface area contributed by atoms with Gasteiger partial charge < -0.3 is 11.1 Å². The van der Waals surface area contributed by atoms with Crippen LogP contribution in [0.5, 0.6) is 0 Å². The average molecular weight is 296 g/mol. The number of hydrogen-bond donors (Lipinski definition) is 2. The van der Waals surface area contributed by atoms with E-state index in [4.69, 9.17) is 5.73 Å². The first kappa shape index (κ1) is 14.3. The highest BCUT2D eigenvalue weighted by molar-refractivity contribution is 7.80. The molecule has 0 aromatic heterocycles. The molecular formula is C14H11F3N2S. The molecule has 0 saturated carbocycles. The highest BCUT2D eigenvalue weighted by Crippen LogP contribution is 2.27. The van der Waals surface area contributed by atoms with Gasteiger partial charge in [-0.15, -0.1) is 0 Å². The molecule has 2 rings (SSSR count). The van der Waals surface area contributed by atoms with Gasteiger partial charge in [-0.3, -0.25) is 0 Å². The summed E-state index contributed by atoms with van der Waals surface area (Å²) in [5.41, 5.74) is 5.98. The van der Waals surface area contributed by atoms with Gasteiger partial charge in [0.15, 0.2) is 0 Å². The quantitative estimate of drug-likeness (QED) is 0.846. The molecule has 0 aliphatic heterocycles. The minimum atomic E-state index is -0.850. The average Bonchev–Trinajstić information content (AvgIpc) is 2.37. The molecule has 0 bridgehead atoms. The summed E-state index contributed by atoms with van der Waals surface area (Å²) in [5.74, 6) is -2.20. The Balaban J connectivity index is 2.44. The Hall–Kier alpha value is -2.08. The minimum Gasteiger partial charge on any atom is -0.389 e. The molecule has 0 radical (unpaired) electrons. The van der Waals surface area contributed by atoms with Gasteiger partial charge >= 0.3 is 0 Å². The second-order valence-corrected chi connectivity index (χ2v) is 4.70. The van der Waals surface area contributed by atoms with E-state index in [1.165, 1.54) is 12.1 Å². The van der Waals surface area contributed by atoms with Crippen molar-refractivity contribution in [3.63, 3.8) is 0 Å². The number of hydrogen-bond acceptors (Lipinski definition) is 2. The van der Waals surface area contributed by atoms with Crippen LogP contribution in [0.25, 0.3) is 0 Å². The van der Waals surface area contributed by atoms with E-state index >= 15 is 0 Å². The van der Waals surface area contributed by atoms with Crippen LogP contribution in [0.15, 0.2) is 30.3 Å². The van der Waals surface area contributed by atoms with Crippen molar-refractivity contribution in [1.82, 2.24) is 0 Å². The normalized spacial score (nSPS) is 10.4. The highest BCUT2D eigenvalue weighted by Gasteiger charge is 2.13. The fraction of sp³-hybridized carbons (Fsp3) is 0.0714. The molecule has 104 valence electrons. The summed E-state index contributed by atoms with van der Waals surface area (Å²) >= 11 is 4.67. The summed E-state index contributed by atoms with van der Waals surface area (Å²) in [5, 5.41) is 2.54. The zero-order chi connectivity index (χ0) is 14.9. The molecule has 0 aliphatic rings. The van der Waals surface area contributed by atoms with Gasteiger partial charge in [-0.1, -0.05) is 18.3 Å². The van der Waals surface area contributed by atoms with Crippen LogP contribution in [0.3, 0.4) is 0 Å². The first-order chi connectivity index (χ1) is 9.38. The van der Waals surface area contributed by atoms with Gasteiger partial charge in [-0.05, 0) is 36.8 Å². The zero-order valence-corrected chi connectivity index (χ0v) is 11.3. The van der Waals surface area contributed by atoms with Crippen molar-refractivity contribution in [2.45, 2.75) is 6.92 Å². The van der Waals surface area contributed by atoms with Crippen LogP contribution in [0, 0.1) is 24.4 Å². The van der Waals surface area contributed by atoms with E-state index in [1.54, 1.807) is 6.92 Å². The predicted molar refractivity (Wildman–Crippen MR) is 76.7 cm³/mol. The van der Waals surface area contributed by atoms with E-state index in [9.17, 15) is 13.2 Å². The summed E-state index contributed by atoms with van der Waals surface area (Å²) in [6, 6.07) is 6.00. The Morgan fingerprint density at radius 1 is 1.10 bits per heavy atom. The summed E-state index contributed by atoms with van der Waals surface area (Å²) in [6.45, 7) is 1.70. The van der Waals surface area contributed by atoms with Gasteiger partial charge in [0.05, 0.1) is 0 Å². The summed E-state index contributed by atoms with van der Waals surface area (Å²) in [4.78, 5) is -0.101. The summed E-state index contributed by atoms with van der Waals surface area (Å²) in [7, 11) is 0. The number of thiocarbonyl (C=S) groups is 1. The molecule has 2 aromatic rings. The molecule has 20 heavy (non-hydrogen) atoms. The Labute approximate surface area is 119 Å². The van der Waals surface area contributed by atoms with Crippen molar-refractivity contribution in [1.29, 1.82) is 0 Å². The number of rotatable bonds is 3. The largest absolute Gasteiger partial charge is 0.389 e. The topological polar surface area (TPSA) is 38.0 Å². The van der Waals surface area contributed by atoms with Gasteiger partial charge in [0.25, 0.3) is 0 Å². The van der Waals surface area contributed by atoms with Crippen molar-refractivity contribution in [3.8, 4) is 0 Å². The van der Waals surface area contributed by atoms with Gasteiger partial charge in [0, 0.05) is 11.3 Å². The van der Waals surface area contributed by atoms with E-state index in [0.717, 1.165) is 18.2 Å². The number of nitrogens with one attached hydrogen (secondary N) is 1. The van der Waals surface area contributed by atoms with Crippen LogP contribution in [0.1, 0.15) is 11.1 Å². The van der Waals surface area contributed by atoms with Gasteiger partial charge in [0.2, 0.25) is 0 Å². The van der Waals surface area contributed by atoms with Crippen molar-refractivity contribution in [3.05, 3.63) is 58.9 Å². The summed E-state index contributed by atoms with van der Waals surface area (Å²) in [6.07, 6.45) is 0. The molecule has 0 fully saturated rings. The van der Waals surface area contributed by atoms with Crippen molar-refractivity contribution >= 4 is 28.6 Å². The lowest BCUT2D eigenvalue weighted by atomic mass is 10.1. The zero-order valence-electron chi connectivity index (χ0n) is 10.5. The SMILES string of the molecule is Cc1ccc(F)cc1Nc1c(F)cc(C(N)=S)cc1F. The Morgan fingerprint density at radius 2 is 1.70 bits per heavy atom. The molecule has 2 aromatic carbocycles. The highest BCUT2D eigenvalue weighted by atomic mass is 32.1. The maximum Gasteiger partial charge on any atom is 0.150 e. The van der Waals surface area contributed by atoms with Crippen LogP contribution >= 0.6 is 12.2 Å². The molecule has 0 saturated heterocycles. The van der Waals surface area contributed by atoms with Gasteiger partial charge in [0.1, 0.15) is 28.1 Å². The number of aryl methyl sites for hydroxylation is 1. The lowest BCUT2D eigenvalue weighted by molar-refractivity contribution is 0.590. The van der Waals surface area contributed by atoms with Crippen molar-refractivity contribution in [2.24, 2.45) is 5.73 Å². The Morgan fingerprint density at radius 3 is 2.25 bits per heavy atom. The second kappa shape index (κ2) is 5.50. The van der Waals surface area contributed by atoms with Crippen LogP contribution in [0.2, 0.25) is 0 Å². The monoisotopic (exact) mass is 296 g/mol. The molecule has 6 heteroatoms. The fourth-order valence-electron chi connectivity index (χ4n) is 1.70. The smallest absolute Gasteiger partial charge is 0.150 e. The van der Waals surface area contributed by atoms with Gasteiger partial charge in [-0.2, -0.15) is 0 Å². The van der Waals surface area contributed by atoms with Crippen LogP contribution in [-0.4, -0.2) is 4.99 Å². The maximum absolute atomic E-state index is 13.9. The van der Waals surface area contributed by atoms with E-state index in [0.29, 0.717) is 5.56 Å².